The molecule has 4 saturated carbocycles. The Bertz CT molecular complexity index is 687. The highest BCUT2D eigenvalue weighted by molar-refractivity contribution is 5.87. The van der Waals surface area contributed by atoms with Gasteiger partial charge in [-0.15, -0.1) is 0 Å². The van der Waals surface area contributed by atoms with E-state index in [4.69, 9.17) is 4.84 Å². The fraction of sp³-hybridized carbons (Fsp3) is 0.913. The topological polar surface area (TPSA) is 70.9 Å². The molecule has 5 rings (SSSR count). The molecule has 0 amide bonds. The van der Waals surface area contributed by atoms with Gasteiger partial charge in [0, 0.05) is 36.6 Å². The zero-order valence-electron chi connectivity index (χ0n) is 17.5. The van der Waals surface area contributed by atoms with Gasteiger partial charge in [0.05, 0.1) is 11.3 Å². The maximum atomic E-state index is 12.6. The Morgan fingerprint density at radius 3 is 2.71 bits per heavy atom. The number of aliphatic hydroxyl groups is 1. The van der Waals surface area contributed by atoms with Gasteiger partial charge in [0.25, 0.3) is 0 Å². The molecule has 5 aliphatic rings. The molecule has 1 saturated heterocycles. The van der Waals surface area contributed by atoms with E-state index >= 15 is 0 Å². The Kier molecular flexibility index (Phi) is 4.44. The summed E-state index contributed by atoms with van der Waals surface area (Å²) in [7, 11) is 0. The molecule has 4 aliphatic carbocycles. The van der Waals surface area contributed by atoms with Crippen LogP contribution in [0.4, 0.5) is 0 Å². The van der Waals surface area contributed by atoms with Crippen LogP contribution in [0, 0.1) is 28.6 Å². The van der Waals surface area contributed by atoms with Crippen LogP contribution < -0.4 is 5.32 Å². The highest BCUT2D eigenvalue weighted by atomic mass is 16.6. The number of oxime groups is 1. The van der Waals surface area contributed by atoms with Gasteiger partial charge < -0.3 is 15.3 Å². The van der Waals surface area contributed by atoms with E-state index < -0.39 is 5.60 Å². The predicted octanol–water partition coefficient (Wildman–Crippen LogP) is 3.45. The smallest absolute Gasteiger partial charge is 0.141 e. The van der Waals surface area contributed by atoms with Gasteiger partial charge in [-0.2, -0.15) is 0 Å². The molecule has 1 heterocycles. The molecular weight excluding hydrogens is 352 g/mol. The Balaban J connectivity index is 1.35. The second-order valence-corrected chi connectivity index (χ2v) is 10.8. The van der Waals surface area contributed by atoms with E-state index in [9.17, 15) is 9.90 Å². The van der Waals surface area contributed by atoms with Gasteiger partial charge in [0.1, 0.15) is 11.9 Å². The van der Waals surface area contributed by atoms with Crippen molar-refractivity contribution in [3.05, 3.63) is 0 Å². The van der Waals surface area contributed by atoms with Gasteiger partial charge in [0.15, 0.2) is 0 Å². The van der Waals surface area contributed by atoms with Gasteiger partial charge in [0.2, 0.25) is 0 Å². The molecule has 28 heavy (non-hydrogen) atoms. The number of fused-ring (bicyclic) bond motifs is 5. The molecule has 1 unspecified atom stereocenters. The summed E-state index contributed by atoms with van der Waals surface area (Å²) in [4.78, 5) is 18.3. The molecule has 1 aliphatic heterocycles. The van der Waals surface area contributed by atoms with Crippen molar-refractivity contribution in [3.8, 4) is 0 Å². The highest BCUT2D eigenvalue weighted by Gasteiger charge is 2.64. The third kappa shape index (κ3) is 2.64. The van der Waals surface area contributed by atoms with Crippen LogP contribution in [-0.2, 0) is 9.63 Å². The standard InChI is InChI=1S/C23H36N2O3/c1-21-9-7-19-17(18(21)3-4-20(21)26)6-11-23(27)13-15(5-10-22(19,23)2)25-28-16-8-12-24-14-16/h16-19,24,27H,3-14H2,1-2H3/b25-15+/t16?,17-,18-,19-,21-,22+,23+/m0/s1. The minimum absolute atomic E-state index is 0.0587. The van der Waals surface area contributed by atoms with Gasteiger partial charge in [-0.05, 0) is 69.2 Å². The normalized spacial score (nSPS) is 52.2. The van der Waals surface area contributed by atoms with Crippen molar-refractivity contribution in [1.29, 1.82) is 0 Å². The Hall–Kier alpha value is -0.940. The summed E-state index contributed by atoms with van der Waals surface area (Å²) < 4.78 is 0. The summed E-state index contributed by atoms with van der Waals surface area (Å²) in [5, 5.41) is 19.6. The maximum Gasteiger partial charge on any atom is 0.141 e. The number of ketones is 1. The predicted molar refractivity (Wildman–Crippen MR) is 108 cm³/mol. The lowest BCUT2D eigenvalue weighted by molar-refractivity contribution is -0.188. The first-order valence-corrected chi connectivity index (χ1v) is 11.5. The monoisotopic (exact) mass is 388 g/mol. The highest BCUT2D eigenvalue weighted by Crippen LogP contribution is 2.66. The van der Waals surface area contributed by atoms with E-state index in [0.717, 1.165) is 76.6 Å². The Labute approximate surface area is 168 Å². The van der Waals surface area contributed by atoms with Crippen LogP contribution in [0.2, 0.25) is 0 Å². The molecular formula is C23H36N2O3. The van der Waals surface area contributed by atoms with Crippen LogP contribution in [0.25, 0.3) is 0 Å². The van der Waals surface area contributed by atoms with Crippen LogP contribution in [0.5, 0.6) is 0 Å². The summed E-state index contributed by atoms with van der Waals surface area (Å²) in [5.74, 6) is 2.18. The SMILES string of the molecule is C[C@]12CC[C@H]3[C@@H](CC[C@@]4(O)C/C(=N/OC5CCNC5)CC[C@]34C)[C@@H]1CCC2=O. The van der Waals surface area contributed by atoms with Crippen LogP contribution >= 0.6 is 0 Å². The van der Waals surface area contributed by atoms with Crippen LogP contribution in [0.3, 0.4) is 0 Å². The number of nitrogens with one attached hydrogen (secondary N) is 1. The average Bonchev–Trinajstić information content (AvgIpc) is 3.29. The van der Waals surface area contributed by atoms with Gasteiger partial charge in [-0.3, -0.25) is 4.79 Å². The molecule has 0 spiro atoms. The van der Waals surface area contributed by atoms with Crippen LogP contribution in [0.15, 0.2) is 5.16 Å². The van der Waals surface area contributed by atoms with Crippen molar-refractivity contribution in [1.82, 2.24) is 5.32 Å². The van der Waals surface area contributed by atoms with Crippen molar-refractivity contribution in [2.24, 2.45) is 33.7 Å². The van der Waals surface area contributed by atoms with Crippen molar-refractivity contribution in [2.75, 3.05) is 13.1 Å². The third-order valence-electron chi connectivity index (χ3n) is 9.69. The lowest BCUT2D eigenvalue weighted by atomic mass is 9.43. The van der Waals surface area contributed by atoms with E-state index in [1.807, 2.05) is 0 Å². The van der Waals surface area contributed by atoms with E-state index in [-0.39, 0.29) is 16.9 Å². The molecule has 0 aromatic rings. The minimum Gasteiger partial charge on any atom is -0.391 e. The zero-order valence-corrected chi connectivity index (χ0v) is 17.5. The Morgan fingerprint density at radius 2 is 1.93 bits per heavy atom. The van der Waals surface area contributed by atoms with Crippen LogP contribution in [-0.4, -0.2) is 41.4 Å². The molecule has 5 nitrogen and oxygen atoms in total. The maximum absolute atomic E-state index is 12.6. The number of carbonyl (C=O) groups is 1. The zero-order chi connectivity index (χ0) is 19.6. The van der Waals surface area contributed by atoms with Gasteiger partial charge in [-0.1, -0.05) is 19.0 Å². The molecule has 0 aromatic heterocycles. The van der Waals surface area contributed by atoms with Crippen LogP contribution in [0.1, 0.15) is 78.1 Å². The first-order valence-electron chi connectivity index (χ1n) is 11.5. The second-order valence-electron chi connectivity index (χ2n) is 10.8. The molecule has 0 aromatic carbocycles. The molecule has 0 bridgehead atoms. The first kappa shape index (κ1) is 19.0. The molecule has 5 fully saturated rings. The summed E-state index contributed by atoms with van der Waals surface area (Å²) in [6.45, 7) is 6.44. The van der Waals surface area contributed by atoms with Crippen molar-refractivity contribution in [2.45, 2.75) is 89.8 Å². The van der Waals surface area contributed by atoms with Crippen molar-refractivity contribution >= 4 is 11.5 Å². The van der Waals surface area contributed by atoms with E-state index in [2.05, 4.69) is 24.3 Å². The molecule has 2 N–H and O–H groups in total. The van der Waals surface area contributed by atoms with Gasteiger partial charge in [-0.25, -0.2) is 0 Å². The fourth-order valence-corrected chi connectivity index (χ4v) is 7.77. The fourth-order valence-electron chi connectivity index (χ4n) is 7.77. The summed E-state index contributed by atoms with van der Waals surface area (Å²) in [6.07, 6.45) is 9.64. The number of Topliss-reactive ketones (excluding diaryl/α,β-unsaturated/α-hetero) is 1. The average molecular weight is 389 g/mol. The number of hydrogen-bond donors (Lipinski definition) is 2. The molecule has 156 valence electrons. The summed E-state index contributed by atoms with van der Waals surface area (Å²) >= 11 is 0. The van der Waals surface area contributed by atoms with E-state index in [0.29, 0.717) is 30.0 Å². The number of rotatable bonds is 2. The largest absolute Gasteiger partial charge is 0.391 e. The second kappa shape index (κ2) is 6.53. The number of nitrogens with zero attached hydrogens (tertiary/aromatic N) is 1. The lowest BCUT2D eigenvalue weighted by Gasteiger charge is -2.62. The molecule has 7 atom stereocenters. The Morgan fingerprint density at radius 1 is 1.07 bits per heavy atom. The van der Waals surface area contributed by atoms with E-state index in [1.54, 1.807) is 0 Å². The minimum atomic E-state index is -0.668. The first-order chi connectivity index (χ1) is 13.4. The quantitative estimate of drug-likeness (QED) is 0.711. The van der Waals surface area contributed by atoms with E-state index in [1.165, 1.54) is 0 Å². The van der Waals surface area contributed by atoms with Gasteiger partial charge >= 0.3 is 0 Å². The summed E-state index contributed by atoms with van der Waals surface area (Å²) in [6, 6.07) is 0. The number of carbonyl (C=O) groups excluding carboxylic acids is 1. The lowest BCUT2D eigenvalue weighted by Crippen LogP contribution is -2.62. The van der Waals surface area contributed by atoms with Crippen molar-refractivity contribution in [3.63, 3.8) is 0 Å². The molecule has 5 heteroatoms. The third-order valence-corrected chi connectivity index (χ3v) is 9.69. The number of hydrogen-bond acceptors (Lipinski definition) is 5. The van der Waals surface area contributed by atoms with Crippen molar-refractivity contribution < 1.29 is 14.7 Å². The summed E-state index contributed by atoms with van der Waals surface area (Å²) in [5.41, 5.74) is 0.231. The molecule has 0 radical (unpaired) electrons.